The highest BCUT2D eigenvalue weighted by Crippen LogP contribution is 2.37. The van der Waals surface area contributed by atoms with Crippen molar-refractivity contribution in [2.45, 2.75) is 32.1 Å². The maximum atomic E-state index is 13.0. The molecule has 5 heteroatoms. The van der Waals surface area contributed by atoms with E-state index in [2.05, 4.69) is 22.6 Å². The summed E-state index contributed by atoms with van der Waals surface area (Å²) in [5.41, 5.74) is 3.71. The van der Waals surface area contributed by atoms with Gasteiger partial charge in [-0.25, -0.2) is 0 Å². The van der Waals surface area contributed by atoms with Crippen LogP contribution in [0.15, 0.2) is 53.1 Å². The van der Waals surface area contributed by atoms with Crippen LogP contribution in [0.1, 0.15) is 46.9 Å². The molecule has 1 saturated carbocycles. The molecule has 0 aliphatic heterocycles. The van der Waals surface area contributed by atoms with Gasteiger partial charge in [0.2, 0.25) is 0 Å². The molecule has 1 heterocycles. The van der Waals surface area contributed by atoms with Crippen LogP contribution in [0.25, 0.3) is 11.3 Å². The lowest BCUT2D eigenvalue weighted by molar-refractivity contribution is 0.102. The number of carbonyl (C=O) groups is 1. The Morgan fingerprint density at radius 2 is 2.00 bits per heavy atom. The number of anilines is 1. The minimum Gasteiger partial charge on any atom is -0.496 e. The molecule has 2 aromatic carbocycles. The maximum Gasteiger partial charge on any atom is 0.261 e. The van der Waals surface area contributed by atoms with Gasteiger partial charge in [-0.1, -0.05) is 35.8 Å². The van der Waals surface area contributed by atoms with E-state index in [0.29, 0.717) is 28.7 Å². The van der Waals surface area contributed by atoms with Gasteiger partial charge in [-0.3, -0.25) is 4.79 Å². The Morgan fingerprint density at radius 3 is 2.74 bits per heavy atom. The predicted octanol–water partition coefficient (Wildman–Crippen LogP) is 5.18. The van der Waals surface area contributed by atoms with E-state index in [1.165, 1.54) is 24.8 Å². The van der Waals surface area contributed by atoms with Crippen LogP contribution >= 0.6 is 0 Å². The third kappa shape index (κ3) is 3.33. The Bertz CT molecular complexity index is 973. The largest absolute Gasteiger partial charge is 0.496 e. The maximum absolute atomic E-state index is 13.0. The summed E-state index contributed by atoms with van der Waals surface area (Å²) in [4.78, 5) is 13.0. The zero-order valence-electron chi connectivity index (χ0n) is 15.5. The first-order chi connectivity index (χ1) is 13.2. The van der Waals surface area contributed by atoms with Crippen molar-refractivity contribution >= 4 is 11.6 Å². The van der Waals surface area contributed by atoms with Crippen molar-refractivity contribution < 1.29 is 14.1 Å². The fourth-order valence-electron chi connectivity index (χ4n) is 3.47. The molecule has 1 amide bonds. The topological polar surface area (TPSA) is 64.4 Å². The summed E-state index contributed by atoms with van der Waals surface area (Å²) in [5, 5.41) is 7.11. The fraction of sp³-hybridized carbons (Fsp3) is 0.273. The molecule has 0 radical (unpaired) electrons. The third-order valence-electron chi connectivity index (χ3n) is 5.17. The number of amides is 1. The molecule has 0 bridgehead atoms. The highest BCUT2D eigenvalue weighted by atomic mass is 16.5. The van der Waals surface area contributed by atoms with Crippen LogP contribution < -0.4 is 10.1 Å². The first kappa shape index (κ1) is 17.3. The van der Waals surface area contributed by atoms with Gasteiger partial charge in [-0.2, -0.15) is 0 Å². The van der Waals surface area contributed by atoms with E-state index in [1.807, 2.05) is 36.4 Å². The van der Waals surface area contributed by atoms with Gasteiger partial charge in [0.05, 0.1) is 7.11 Å². The second-order valence-electron chi connectivity index (χ2n) is 6.87. The molecular weight excluding hydrogens is 340 g/mol. The van der Waals surface area contributed by atoms with Crippen LogP contribution in [0.4, 0.5) is 5.69 Å². The summed E-state index contributed by atoms with van der Waals surface area (Å²) in [6, 6.07) is 15.5. The molecule has 5 nitrogen and oxygen atoms in total. The van der Waals surface area contributed by atoms with Crippen molar-refractivity contribution in [2.24, 2.45) is 0 Å². The molecule has 1 fully saturated rings. The van der Waals surface area contributed by atoms with Crippen molar-refractivity contribution in [1.29, 1.82) is 0 Å². The minimum atomic E-state index is -0.236. The van der Waals surface area contributed by atoms with E-state index in [0.717, 1.165) is 11.3 Å². The van der Waals surface area contributed by atoms with E-state index in [1.54, 1.807) is 14.0 Å². The molecular formula is C22H22N2O3. The van der Waals surface area contributed by atoms with Gasteiger partial charge in [0, 0.05) is 11.3 Å². The van der Waals surface area contributed by atoms with Crippen LogP contribution in [0.3, 0.4) is 0 Å². The summed E-state index contributed by atoms with van der Waals surface area (Å²) < 4.78 is 10.7. The Kier molecular flexibility index (Phi) is 4.67. The van der Waals surface area contributed by atoms with Crippen molar-refractivity contribution in [1.82, 2.24) is 5.16 Å². The van der Waals surface area contributed by atoms with Gasteiger partial charge in [-0.05, 0) is 55.5 Å². The molecule has 0 spiro atoms. The molecule has 1 N–H and O–H groups in total. The lowest BCUT2D eigenvalue weighted by Crippen LogP contribution is -2.14. The van der Waals surface area contributed by atoms with Gasteiger partial charge in [0.1, 0.15) is 22.8 Å². The molecule has 3 aromatic rings. The Hall–Kier alpha value is -3.08. The SMILES string of the molecule is COc1ccccc1-c1noc(C)c1C(=O)Nc1cccc(C2CCC2)c1. The molecule has 1 aliphatic rings. The number of para-hydroxylation sites is 1. The number of carbonyl (C=O) groups excluding carboxylic acids is 1. The summed E-state index contributed by atoms with van der Waals surface area (Å²) in [5.74, 6) is 1.50. The van der Waals surface area contributed by atoms with Crippen molar-refractivity contribution in [3.63, 3.8) is 0 Å². The van der Waals surface area contributed by atoms with E-state index in [-0.39, 0.29) is 5.91 Å². The molecule has 0 saturated heterocycles. The number of aryl methyl sites for hydroxylation is 1. The minimum absolute atomic E-state index is 0.236. The van der Waals surface area contributed by atoms with E-state index in [4.69, 9.17) is 9.26 Å². The lowest BCUT2D eigenvalue weighted by atomic mass is 9.80. The van der Waals surface area contributed by atoms with Gasteiger partial charge >= 0.3 is 0 Å². The molecule has 0 unspecified atom stereocenters. The van der Waals surface area contributed by atoms with Crippen molar-refractivity contribution in [2.75, 3.05) is 12.4 Å². The number of nitrogens with zero attached hydrogens (tertiary/aromatic N) is 1. The zero-order valence-corrected chi connectivity index (χ0v) is 15.5. The van der Waals surface area contributed by atoms with Crippen LogP contribution in [0.5, 0.6) is 5.75 Å². The predicted molar refractivity (Wildman–Crippen MR) is 104 cm³/mol. The van der Waals surface area contributed by atoms with Gasteiger partial charge in [0.15, 0.2) is 0 Å². The van der Waals surface area contributed by atoms with Gasteiger partial charge in [0.25, 0.3) is 5.91 Å². The van der Waals surface area contributed by atoms with Crippen LogP contribution in [-0.2, 0) is 0 Å². The Morgan fingerprint density at radius 1 is 1.19 bits per heavy atom. The summed E-state index contributed by atoms with van der Waals surface area (Å²) >= 11 is 0. The number of hydrogen-bond acceptors (Lipinski definition) is 4. The monoisotopic (exact) mass is 362 g/mol. The Labute approximate surface area is 158 Å². The average Bonchev–Trinajstić information content (AvgIpc) is 3.02. The first-order valence-electron chi connectivity index (χ1n) is 9.18. The standard InChI is InChI=1S/C22H22N2O3/c1-14-20(21(24-27-14)18-11-3-4-12-19(18)26-2)22(25)23-17-10-6-9-16(13-17)15-7-5-8-15/h3-4,6,9-13,15H,5,7-8H2,1-2H3,(H,23,25). The van der Waals surface area contributed by atoms with E-state index >= 15 is 0 Å². The van der Waals surface area contributed by atoms with E-state index in [9.17, 15) is 4.79 Å². The number of hydrogen-bond donors (Lipinski definition) is 1. The second kappa shape index (κ2) is 7.27. The van der Waals surface area contributed by atoms with Crippen molar-refractivity contribution in [3.05, 3.63) is 65.4 Å². The summed E-state index contributed by atoms with van der Waals surface area (Å²) in [7, 11) is 1.59. The molecule has 1 aromatic heterocycles. The summed E-state index contributed by atoms with van der Waals surface area (Å²) in [6.07, 6.45) is 3.73. The van der Waals surface area contributed by atoms with Crippen LogP contribution in [0.2, 0.25) is 0 Å². The van der Waals surface area contributed by atoms with Crippen molar-refractivity contribution in [3.8, 4) is 17.0 Å². The Balaban J connectivity index is 1.64. The second-order valence-corrected chi connectivity index (χ2v) is 6.87. The first-order valence-corrected chi connectivity index (χ1v) is 9.18. The number of aromatic nitrogens is 1. The van der Waals surface area contributed by atoms with Gasteiger partial charge < -0.3 is 14.6 Å². The highest BCUT2D eigenvalue weighted by molar-refractivity contribution is 6.09. The number of rotatable bonds is 5. The fourth-order valence-corrected chi connectivity index (χ4v) is 3.47. The number of benzene rings is 2. The molecule has 1 aliphatic carbocycles. The summed E-state index contributed by atoms with van der Waals surface area (Å²) in [6.45, 7) is 1.74. The number of ether oxygens (including phenoxy) is 1. The quantitative estimate of drug-likeness (QED) is 0.679. The average molecular weight is 362 g/mol. The zero-order chi connectivity index (χ0) is 18.8. The van der Waals surface area contributed by atoms with E-state index < -0.39 is 0 Å². The van der Waals surface area contributed by atoms with Gasteiger partial charge in [-0.15, -0.1) is 0 Å². The molecule has 27 heavy (non-hydrogen) atoms. The normalized spacial score (nSPS) is 13.9. The number of nitrogens with one attached hydrogen (secondary N) is 1. The molecule has 0 atom stereocenters. The highest BCUT2D eigenvalue weighted by Gasteiger charge is 2.24. The number of methoxy groups -OCH3 is 1. The molecule has 4 rings (SSSR count). The molecule has 138 valence electrons. The third-order valence-corrected chi connectivity index (χ3v) is 5.17. The smallest absolute Gasteiger partial charge is 0.261 e. The lowest BCUT2D eigenvalue weighted by Gasteiger charge is -2.26. The van der Waals surface area contributed by atoms with Crippen LogP contribution in [-0.4, -0.2) is 18.2 Å². The van der Waals surface area contributed by atoms with Crippen LogP contribution in [0, 0.1) is 6.92 Å².